The van der Waals surface area contributed by atoms with E-state index in [0.717, 1.165) is 19.3 Å². The number of amides is 1. The molecule has 5 nitrogen and oxygen atoms in total. The second-order valence-corrected chi connectivity index (χ2v) is 16.8. The van der Waals surface area contributed by atoms with E-state index in [0.29, 0.717) is 52.9 Å². The zero-order chi connectivity index (χ0) is 33.5. The lowest BCUT2D eigenvalue weighted by molar-refractivity contribution is -0.222. The summed E-state index contributed by atoms with van der Waals surface area (Å²) in [5.41, 5.74) is 4.01. The molecule has 46 heavy (non-hydrogen) atoms. The van der Waals surface area contributed by atoms with Crippen molar-refractivity contribution in [3.63, 3.8) is 0 Å². The van der Waals surface area contributed by atoms with Gasteiger partial charge >= 0.3 is 5.97 Å². The number of allylic oxidation sites excluding steroid dienone is 3. The van der Waals surface area contributed by atoms with Crippen LogP contribution in [0.5, 0.6) is 0 Å². The van der Waals surface area contributed by atoms with E-state index in [1.165, 1.54) is 68.9 Å². The molecule has 0 aliphatic heterocycles. The number of fused-ring (bicyclic) bond motifs is 7. The number of benzene rings is 1. The molecule has 1 amide bonds. The molecule has 4 fully saturated rings. The normalized spacial score (nSPS) is 38.7. The van der Waals surface area contributed by atoms with Gasteiger partial charge < -0.3 is 15.2 Å². The Morgan fingerprint density at radius 1 is 0.913 bits per heavy atom. The highest BCUT2D eigenvalue weighted by molar-refractivity contribution is 5.88. The third-order valence-electron chi connectivity index (χ3n) is 14.7. The highest BCUT2D eigenvalue weighted by atomic mass is 16.4. The number of aromatic carboxylic acids is 1. The van der Waals surface area contributed by atoms with Gasteiger partial charge in [-0.1, -0.05) is 65.3 Å². The van der Waals surface area contributed by atoms with Gasteiger partial charge in [-0.2, -0.15) is 0 Å². The van der Waals surface area contributed by atoms with Gasteiger partial charge in [0.05, 0.1) is 5.56 Å². The summed E-state index contributed by atoms with van der Waals surface area (Å²) in [5, 5.41) is 12.7. The molecular weight excluding hydrogens is 570 g/mol. The largest absolute Gasteiger partial charge is 0.478 e. The molecule has 0 aromatic heterocycles. The van der Waals surface area contributed by atoms with Gasteiger partial charge in [-0.25, -0.2) is 4.79 Å². The lowest BCUT2D eigenvalue weighted by atomic mass is 9.32. The number of hydrogen-bond donors (Lipinski definition) is 2. The summed E-state index contributed by atoms with van der Waals surface area (Å²) in [5.74, 6) is 1.84. The first kappa shape index (κ1) is 34.6. The van der Waals surface area contributed by atoms with Crippen LogP contribution in [0.2, 0.25) is 0 Å². The summed E-state index contributed by atoms with van der Waals surface area (Å²) < 4.78 is 0. The van der Waals surface area contributed by atoms with Gasteiger partial charge in [-0.15, -0.1) is 6.58 Å². The van der Waals surface area contributed by atoms with Crippen LogP contribution >= 0.6 is 0 Å². The zero-order valence-corrected chi connectivity index (χ0v) is 29.4. The van der Waals surface area contributed by atoms with E-state index in [1.54, 1.807) is 18.2 Å². The number of aldehydes is 1. The van der Waals surface area contributed by atoms with Crippen LogP contribution in [0.25, 0.3) is 5.57 Å². The van der Waals surface area contributed by atoms with E-state index < -0.39 is 5.97 Å². The van der Waals surface area contributed by atoms with Crippen LogP contribution in [0.1, 0.15) is 135 Å². The van der Waals surface area contributed by atoms with Crippen LogP contribution in [-0.2, 0) is 9.59 Å². The Morgan fingerprint density at radius 3 is 2.26 bits per heavy atom. The predicted octanol–water partition coefficient (Wildman–Crippen LogP) is 9.52. The topological polar surface area (TPSA) is 83.5 Å². The van der Waals surface area contributed by atoms with Gasteiger partial charge in [0.25, 0.3) is 0 Å². The molecule has 0 radical (unpaired) electrons. The smallest absolute Gasteiger partial charge is 0.335 e. The molecule has 1 aromatic carbocycles. The molecule has 5 heteroatoms. The summed E-state index contributed by atoms with van der Waals surface area (Å²) in [4.78, 5) is 34.8. The van der Waals surface area contributed by atoms with Crippen LogP contribution in [0.4, 0.5) is 0 Å². The van der Waals surface area contributed by atoms with Crippen molar-refractivity contribution < 1.29 is 19.5 Å². The molecule has 8 atom stereocenters. The van der Waals surface area contributed by atoms with E-state index >= 15 is 0 Å². The molecule has 0 saturated heterocycles. The number of carbonyl (C=O) groups excluding carboxylic acids is 2. The van der Waals surface area contributed by atoms with Crippen LogP contribution < -0.4 is 5.32 Å². The third-order valence-corrected chi connectivity index (χ3v) is 14.7. The Bertz CT molecular complexity index is 1360. The zero-order valence-electron chi connectivity index (χ0n) is 29.4. The van der Waals surface area contributed by atoms with Gasteiger partial charge in [-0.05, 0) is 139 Å². The minimum absolute atomic E-state index is 0.0199. The molecular formula is C41H59NO4. The van der Waals surface area contributed by atoms with Gasteiger partial charge in [0.15, 0.2) is 0 Å². The van der Waals surface area contributed by atoms with E-state index in [1.807, 2.05) is 19.1 Å². The van der Waals surface area contributed by atoms with Crippen LogP contribution in [-0.4, -0.2) is 29.8 Å². The highest BCUT2D eigenvalue weighted by Gasteiger charge is 2.69. The molecule has 0 bridgehead atoms. The monoisotopic (exact) mass is 629 g/mol. The van der Waals surface area contributed by atoms with Crippen molar-refractivity contribution in [3.8, 4) is 0 Å². The summed E-state index contributed by atoms with van der Waals surface area (Å²) >= 11 is 0. The Hall–Kier alpha value is -2.69. The number of hydrogen-bond acceptors (Lipinski definition) is 3. The van der Waals surface area contributed by atoms with Crippen LogP contribution in [0.3, 0.4) is 0 Å². The molecule has 1 aromatic rings. The van der Waals surface area contributed by atoms with Crippen molar-refractivity contribution in [2.45, 2.75) is 119 Å². The van der Waals surface area contributed by atoms with Gasteiger partial charge in [0.2, 0.25) is 5.91 Å². The van der Waals surface area contributed by atoms with Crippen molar-refractivity contribution in [2.24, 2.45) is 50.7 Å². The molecule has 5 aliphatic carbocycles. The van der Waals surface area contributed by atoms with Crippen molar-refractivity contribution in [3.05, 3.63) is 54.1 Å². The second-order valence-electron chi connectivity index (χ2n) is 16.8. The molecule has 0 spiro atoms. The van der Waals surface area contributed by atoms with Crippen molar-refractivity contribution >= 4 is 23.7 Å². The first-order chi connectivity index (χ1) is 21.7. The number of carbonyl (C=O) groups is 3. The van der Waals surface area contributed by atoms with E-state index in [4.69, 9.17) is 0 Å². The van der Waals surface area contributed by atoms with E-state index in [9.17, 15) is 19.5 Å². The van der Waals surface area contributed by atoms with Crippen molar-refractivity contribution in [1.29, 1.82) is 0 Å². The maximum Gasteiger partial charge on any atom is 0.335 e. The molecule has 252 valence electrons. The van der Waals surface area contributed by atoms with Crippen LogP contribution in [0, 0.1) is 50.7 Å². The quantitative estimate of drug-likeness (QED) is 0.232. The lowest BCUT2D eigenvalue weighted by Gasteiger charge is -2.72. The summed E-state index contributed by atoms with van der Waals surface area (Å²) in [6, 6.07) is 7.54. The molecule has 7 unspecified atom stereocenters. The van der Waals surface area contributed by atoms with Gasteiger partial charge in [-0.3, -0.25) is 4.79 Å². The maximum absolute atomic E-state index is 12.5. The van der Waals surface area contributed by atoms with Crippen molar-refractivity contribution in [2.75, 3.05) is 6.54 Å². The fraction of sp³-hybridized carbons (Fsp3) is 0.683. The van der Waals surface area contributed by atoms with Crippen LogP contribution in [0.15, 0.2) is 43.0 Å². The Balaban J connectivity index is 0.00000134. The number of rotatable bonds is 7. The Labute approximate surface area is 278 Å². The standard InChI is InChI=1S/C38H53NO4.C3H6/c1-34(2)27(25-10-12-26(13-11-25)33(42)43)16-19-35(3)30(34)17-20-37(5)31(35)15-14-28-29-8-6-18-38(29,22-21-36(28,37)4)24-39-32(41)9-7-23-40;1-3-2/h10-13,16,23,28-31H,6-9,14-15,17-22,24H2,1-5H3,(H,39,41)(H,42,43);3H,1H2,2H3/t28?,29?,30?,31?,35?,36-,37?,38?;/m1./s1. The third kappa shape index (κ3) is 5.42. The highest BCUT2D eigenvalue weighted by Crippen LogP contribution is 2.77. The predicted molar refractivity (Wildman–Crippen MR) is 186 cm³/mol. The Kier molecular flexibility index (Phi) is 9.59. The SMILES string of the molecule is C=CC.CC1(C)C(c2ccc(C(=O)O)cc2)=CCC2(C)C1CCC1(C)C2CCC2C3CCCC3(CNC(=O)CCC=O)CC[C@]21C. The van der Waals surface area contributed by atoms with E-state index in [-0.39, 0.29) is 22.2 Å². The molecule has 4 saturated carbocycles. The number of nitrogens with one attached hydrogen (secondary N) is 1. The summed E-state index contributed by atoms with van der Waals surface area (Å²) in [7, 11) is 0. The number of carboxylic acids is 1. The minimum atomic E-state index is -0.872. The second kappa shape index (κ2) is 12.7. The molecule has 0 heterocycles. The van der Waals surface area contributed by atoms with Gasteiger partial charge in [0.1, 0.15) is 6.29 Å². The molecule has 2 N–H and O–H groups in total. The average Bonchev–Trinajstić information content (AvgIpc) is 3.44. The maximum atomic E-state index is 12.5. The Morgan fingerprint density at radius 2 is 1.61 bits per heavy atom. The fourth-order valence-electron chi connectivity index (χ4n) is 12.5. The summed E-state index contributed by atoms with van der Waals surface area (Å²) in [6.07, 6.45) is 18.2. The van der Waals surface area contributed by atoms with E-state index in [2.05, 4.69) is 52.6 Å². The average molecular weight is 630 g/mol. The van der Waals surface area contributed by atoms with Crippen molar-refractivity contribution in [1.82, 2.24) is 5.32 Å². The first-order valence-electron chi connectivity index (χ1n) is 18.1. The minimum Gasteiger partial charge on any atom is -0.478 e. The fourth-order valence-corrected chi connectivity index (χ4v) is 12.5. The number of carboxylic acid groups (broad SMARTS) is 1. The molecule has 5 aliphatic rings. The first-order valence-corrected chi connectivity index (χ1v) is 18.1. The van der Waals surface area contributed by atoms with Gasteiger partial charge in [0, 0.05) is 19.4 Å². The lowest BCUT2D eigenvalue weighted by Crippen LogP contribution is -2.65. The molecule has 6 rings (SSSR count). The summed E-state index contributed by atoms with van der Waals surface area (Å²) in [6.45, 7) is 18.9.